The second kappa shape index (κ2) is 6.57. The minimum absolute atomic E-state index is 0.0207. The molecular formula is C18H19N3O3. The van der Waals surface area contributed by atoms with Crippen LogP contribution in [0.1, 0.15) is 23.7 Å². The lowest BCUT2D eigenvalue weighted by Crippen LogP contribution is -2.37. The summed E-state index contributed by atoms with van der Waals surface area (Å²) in [5.74, 6) is 0.517. The number of benzene rings is 1. The standard InChI is InChI=1S/C18H19N3O3/c22-18(17-15-5-2-1-4-13(15)8-11-23-17)21-10-7-14(12-21)24-16-6-3-9-19-20-16/h1-6,9,14,17H,7-8,10-12H2/t14-,17+/m1/s1. The highest BCUT2D eigenvalue weighted by Crippen LogP contribution is 2.30. The zero-order valence-corrected chi connectivity index (χ0v) is 13.3. The lowest BCUT2D eigenvalue weighted by atomic mass is 9.97. The van der Waals surface area contributed by atoms with Crippen molar-refractivity contribution in [3.63, 3.8) is 0 Å². The number of hydrogen-bond acceptors (Lipinski definition) is 5. The van der Waals surface area contributed by atoms with Crippen LogP contribution < -0.4 is 4.74 Å². The van der Waals surface area contributed by atoms with Crippen LogP contribution in [0.25, 0.3) is 0 Å². The molecule has 2 aromatic rings. The van der Waals surface area contributed by atoms with E-state index in [-0.39, 0.29) is 12.0 Å². The van der Waals surface area contributed by atoms with Crippen molar-refractivity contribution >= 4 is 5.91 Å². The molecule has 0 spiro atoms. The summed E-state index contributed by atoms with van der Waals surface area (Å²) in [4.78, 5) is 14.7. The first kappa shape index (κ1) is 15.1. The van der Waals surface area contributed by atoms with Crippen molar-refractivity contribution in [3.8, 4) is 5.88 Å². The molecule has 1 amide bonds. The average molecular weight is 325 g/mol. The SMILES string of the molecule is O=C([C@H]1OCCc2ccccc21)N1CC[C@@H](Oc2cccnn2)C1. The largest absolute Gasteiger partial charge is 0.471 e. The second-order valence-electron chi connectivity index (χ2n) is 6.07. The second-order valence-corrected chi connectivity index (χ2v) is 6.07. The van der Waals surface area contributed by atoms with E-state index in [9.17, 15) is 4.79 Å². The smallest absolute Gasteiger partial charge is 0.256 e. The van der Waals surface area contributed by atoms with Crippen molar-refractivity contribution in [3.05, 3.63) is 53.7 Å². The first-order valence-electron chi connectivity index (χ1n) is 8.24. The van der Waals surface area contributed by atoms with Crippen LogP contribution >= 0.6 is 0 Å². The molecule has 1 fully saturated rings. The quantitative estimate of drug-likeness (QED) is 0.860. The molecule has 0 aliphatic carbocycles. The minimum Gasteiger partial charge on any atom is -0.471 e. The Kier molecular flexibility index (Phi) is 4.13. The fraction of sp³-hybridized carbons (Fsp3) is 0.389. The third-order valence-electron chi connectivity index (χ3n) is 4.51. The van der Waals surface area contributed by atoms with E-state index in [1.807, 2.05) is 23.1 Å². The van der Waals surface area contributed by atoms with Crippen LogP contribution in [0.2, 0.25) is 0 Å². The van der Waals surface area contributed by atoms with Gasteiger partial charge < -0.3 is 14.4 Å². The minimum atomic E-state index is -0.495. The van der Waals surface area contributed by atoms with Gasteiger partial charge in [-0.3, -0.25) is 4.79 Å². The topological polar surface area (TPSA) is 64.5 Å². The van der Waals surface area contributed by atoms with Gasteiger partial charge in [0, 0.05) is 25.2 Å². The Hall–Kier alpha value is -2.47. The number of aromatic nitrogens is 2. The van der Waals surface area contributed by atoms with Crippen LogP contribution in [0.5, 0.6) is 5.88 Å². The Bertz CT molecular complexity index is 722. The van der Waals surface area contributed by atoms with E-state index in [1.54, 1.807) is 18.3 Å². The Balaban J connectivity index is 1.43. The predicted molar refractivity (Wildman–Crippen MR) is 86.5 cm³/mol. The van der Waals surface area contributed by atoms with Gasteiger partial charge in [-0.2, -0.15) is 5.10 Å². The van der Waals surface area contributed by atoms with Gasteiger partial charge in [-0.15, -0.1) is 5.10 Å². The number of hydrogen-bond donors (Lipinski definition) is 0. The molecule has 6 heteroatoms. The molecule has 1 aromatic carbocycles. The molecular weight excluding hydrogens is 306 g/mol. The van der Waals surface area contributed by atoms with Crippen LogP contribution in [0, 0.1) is 0 Å². The number of fused-ring (bicyclic) bond motifs is 1. The monoisotopic (exact) mass is 325 g/mol. The van der Waals surface area contributed by atoms with E-state index in [2.05, 4.69) is 16.3 Å². The van der Waals surface area contributed by atoms with E-state index in [0.29, 0.717) is 25.6 Å². The van der Waals surface area contributed by atoms with Gasteiger partial charge in [0.05, 0.1) is 13.2 Å². The fourth-order valence-corrected chi connectivity index (χ4v) is 3.31. The molecule has 0 unspecified atom stereocenters. The maximum atomic E-state index is 12.9. The van der Waals surface area contributed by atoms with Crippen molar-refractivity contribution in [1.29, 1.82) is 0 Å². The maximum Gasteiger partial charge on any atom is 0.256 e. The molecule has 4 rings (SSSR count). The van der Waals surface area contributed by atoms with Gasteiger partial charge >= 0.3 is 0 Å². The summed E-state index contributed by atoms with van der Waals surface area (Å²) in [7, 11) is 0. The number of carbonyl (C=O) groups excluding carboxylic acids is 1. The number of nitrogens with zero attached hydrogens (tertiary/aromatic N) is 3. The van der Waals surface area contributed by atoms with Crippen LogP contribution in [-0.2, 0) is 16.0 Å². The van der Waals surface area contributed by atoms with Gasteiger partial charge in [-0.1, -0.05) is 24.3 Å². The number of rotatable bonds is 3. The highest BCUT2D eigenvalue weighted by molar-refractivity contribution is 5.83. The molecule has 3 heterocycles. The van der Waals surface area contributed by atoms with E-state index < -0.39 is 6.10 Å². The van der Waals surface area contributed by atoms with Gasteiger partial charge in [-0.25, -0.2) is 0 Å². The molecule has 124 valence electrons. The molecule has 2 aliphatic rings. The highest BCUT2D eigenvalue weighted by atomic mass is 16.5. The number of likely N-dealkylation sites (tertiary alicyclic amines) is 1. The highest BCUT2D eigenvalue weighted by Gasteiger charge is 2.35. The molecule has 6 nitrogen and oxygen atoms in total. The van der Waals surface area contributed by atoms with Crippen molar-refractivity contribution in [1.82, 2.24) is 15.1 Å². The zero-order valence-electron chi connectivity index (χ0n) is 13.3. The molecule has 24 heavy (non-hydrogen) atoms. The molecule has 0 saturated carbocycles. The van der Waals surface area contributed by atoms with Crippen LogP contribution in [0.15, 0.2) is 42.6 Å². The van der Waals surface area contributed by atoms with E-state index in [0.717, 1.165) is 18.4 Å². The summed E-state index contributed by atoms with van der Waals surface area (Å²) < 4.78 is 11.6. The summed E-state index contributed by atoms with van der Waals surface area (Å²) in [5, 5.41) is 7.74. The van der Waals surface area contributed by atoms with Gasteiger partial charge in [0.2, 0.25) is 5.88 Å². The fourth-order valence-electron chi connectivity index (χ4n) is 3.31. The van der Waals surface area contributed by atoms with Gasteiger partial charge in [0.15, 0.2) is 6.10 Å². The zero-order chi connectivity index (χ0) is 16.4. The Labute approximate surface area is 140 Å². The summed E-state index contributed by atoms with van der Waals surface area (Å²) >= 11 is 0. The lowest BCUT2D eigenvalue weighted by Gasteiger charge is -2.28. The molecule has 1 saturated heterocycles. The first-order chi connectivity index (χ1) is 11.8. The van der Waals surface area contributed by atoms with Crippen molar-refractivity contribution < 1.29 is 14.3 Å². The third-order valence-corrected chi connectivity index (χ3v) is 4.51. The number of amides is 1. The molecule has 0 bridgehead atoms. The van der Waals surface area contributed by atoms with Crippen LogP contribution in [0.4, 0.5) is 0 Å². The summed E-state index contributed by atoms with van der Waals surface area (Å²) in [6, 6.07) is 11.6. The summed E-state index contributed by atoms with van der Waals surface area (Å²) in [6.45, 7) is 1.81. The number of ether oxygens (including phenoxy) is 2. The molecule has 0 N–H and O–H groups in total. The van der Waals surface area contributed by atoms with Crippen molar-refractivity contribution in [2.75, 3.05) is 19.7 Å². The summed E-state index contributed by atoms with van der Waals surface area (Å²) in [5.41, 5.74) is 2.20. The van der Waals surface area contributed by atoms with Crippen molar-refractivity contribution in [2.24, 2.45) is 0 Å². The van der Waals surface area contributed by atoms with Gasteiger partial charge in [0.25, 0.3) is 5.91 Å². The van der Waals surface area contributed by atoms with E-state index >= 15 is 0 Å². The Morgan fingerprint density at radius 1 is 1.25 bits per heavy atom. The van der Waals surface area contributed by atoms with Crippen LogP contribution in [0.3, 0.4) is 0 Å². The average Bonchev–Trinajstić information content (AvgIpc) is 3.10. The van der Waals surface area contributed by atoms with Crippen molar-refractivity contribution in [2.45, 2.75) is 25.0 Å². The van der Waals surface area contributed by atoms with Gasteiger partial charge in [-0.05, 0) is 23.6 Å². The molecule has 1 aromatic heterocycles. The van der Waals surface area contributed by atoms with Gasteiger partial charge in [0.1, 0.15) is 6.10 Å². The van der Waals surface area contributed by atoms with Crippen LogP contribution in [-0.4, -0.2) is 46.8 Å². The summed E-state index contributed by atoms with van der Waals surface area (Å²) in [6.07, 6.45) is 2.71. The van der Waals surface area contributed by atoms with E-state index in [4.69, 9.17) is 9.47 Å². The Morgan fingerprint density at radius 2 is 2.17 bits per heavy atom. The normalized spacial score (nSPS) is 22.9. The molecule has 2 aliphatic heterocycles. The lowest BCUT2D eigenvalue weighted by molar-refractivity contribution is -0.144. The maximum absolute atomic E-state index is 12.9. The predicted octanol–water partition coefficient (Wildman–Crippen LogP) is 1.77. The first-order valence-corrected chi connectivity index (χ1v) is 8.24. The molecule has 2 atom stereocenters. The Morgan fingerprint density at radius 3 is 3.04 bits per heavy atom. The number of carbonyl (C=O) groups is 1. The molecule has 0 radical (unpaired) electrons. The third kappa shape index (κ3) is 2.97. The van der Waals surface area contributed by atoms with E-state index in [1.165, 1.54) is 5.56 Å².